The number of nitrogens with one attached hydrogen (secondary N) is 1. The third-order valence-electron chi connectivity index (χ3n) is 3.02. The van der Waals surface area contributed by atoms with E-state index in [0.29, 0.717) is 5.25 Å². The highest BCUT2D eigenvalue weighted by atomic mass is 32.2. The summed E-state index contributed by atoms with van der Waals surface area (Å²) in [5, 5.41) is 7.91. The summed E-state index contributed by atoms with van der Waals surface area (Å²) < 4.78 is 0. The first-order chi connectivity index (χ1) is 8.43. The van der Waals surface area contributed by atoms with Crippen LogP contribution in [0.25, 0.3) is 11.4 Å². The minimum absolute atomic E-state index is 0.508. The minimum Gasteiger partial charge on any atom is -0.262 e. The maximum Gasteiger partial charge on any atom is 0.181 e. The zero-order chi connectivity index (χ0) is 11.5. The van der Waals surface area contributed by atoms with Crippen LogP contribution in [-0.2, 0) is 0 Å². The molecule has 0 amide bonds. The van der Waals surface area contributed by atoms with Gasteiger partial charge in [0.2, 0.25) is 0 Å². The number of thioether (sulfide) groups is 1. The monoisotopic (exact) mass is 245 g/mol. The molecule has 1 atom stereocenters. The first kappa shape index (κ1) is 10.8. The molecule has 1 saturated heterocycles. The Morgan fingerprint density at radius 1 is 1.18 bits per heavy atom. The molecule has 0 aliphatic carbocycles. The van der Waals surface area contributed by atoms with E-state index in [0.717, 1.165) is 17.2 Å². The second-order valence-corrected chi connectivity index (χ2v) is 5.58. The Labute approximate surface area is 105 Å². The lowest BCUT2D eigenvalue weighted by Gasteiger charge is -2.18. The van der Waals surface area contributed by atoms with Crippen molar-refractivity contribution in [3.05, 3.63) is 36.2 Å². The van der Waals surface area contributed by atoms with Gasteiger partial charge in [-0.2, -0.15) is 16.9 Å². The Morgan fingerprint density at radius 3 is 2.82 bits per heavy atom. The fourth-order valence-electron chi connectivity index (χ4n) is 2.09. The van der Waals surface area contributed by atoms with Gasteiger partial charge in [0.15, 0.2) is 5.82 Å². The van der Waals surface area contributed by atoms with Crippen molar-refractivity contribution < 1.29 is 0 Å². The molecule has 3 rings (SSSR count). The summed E-state index contributed by atoms with van der Waals surface area (Å²) in [5.74, 6) is 3.09. The topological polar surface area (TPSA) is 41.6 Å². The zero-order valence-corrected chi connectivity index (χ0v) is 10.4. The van der Waals surface area contributed by atoms with E-state index in [1.165, 1.54) is 25.0 Å². The van der Waals surface area contributed by atoms with Gasteiger partial charge in [-0.15, -0.1) is 0 Å². The Morgan fingerprint density at radius 2 is 2.06 bits per heavy atom. The fraction of sp³-hybridized carbons (Fsp3) is 0.385. The average molecular weight is 245 g/mol. The summed E-state index contributed by atoms with van der Waals surface area (Å²) in [7, 11) is 0. The third-order valence-corrected chi connectivity index (χ3v) is 4.41. The third kappa shape index (κ3) is 2.36. The van der Waals surface area contributed by atoms with Crippen LogP contribution < -0.4 is 0 Å². The van der Waals surface area contributed by atoms with E-state index in [-0.39, 0.29) is 0 Å². The van der Waals surface area contributed by atoms with Gasteiger partial charge in [0.05, 0.1) is 5.25 Å². The van der Waals surface area contributed by atoms with Gasteiger partial charge < -0.3 is 0 Å². The minimum atomic E-state index is 0.508. The lowest BCUT2D eigenvalue weighted by atomic mass is 10.2. The van der Waals surface area contributed by atoms with Gasteiger partial charge in [0.1, 0.15) is 5.82 Å². The molecule has 1 N–H and O–H groups in total. The van der Waals surface area contributed by atoms with Crippen LogP contribution >= 0.6 is 11.8 Å². The average Bonchev–Trinajstić information content (AvgIpc) is 2.90. The Hall–Kier alpha value is -1.29. The van der Waals surface area contributed by atoms with E-state index < -0.39 is 0 Å². The van der Waals surface area contributed by atoms with Crippen LogP contribution in [0.4, 0.5) is 0 Å². The highest BCUT2D eigenvalue weighted by Crippen LogP contribution is 2.36. The highest BCUT2D eigenvalue weighted by molar-refractivity contribution is 7.99. The second kappa shape index (κ2) is 4.92. The molecule has 1 aromatic carbocycles. The molecule has 0 spiro atoms. The predicted molar refractivity (Wildman–Crippen MR) is 70.9 cm³/mol. The molecule has 0 saturated carbocycles. The van der Waals surface area contributed by atoms with Crippen LogP contribution in [0.5, 0.6) is 0 Å². The Balaban J connectivity index is 1.83. The van der Waals surface area contributed by atoms with Crippen molar-refractivity contribution in [1.82, 2.24) is 15.2 Å². The normalized spacial score (nSPS) is 20.4. The summed E-state index contributed by atoms with van der Waals surface area (Å²) in [6.45, 7) is 0. The molecular weight excluding hydrogens is 230 g/mol. The zero-order valence-electron chi connectivity index (χ0n) is 9.60. The number of nitrogens with zero attached hydrogens (tertiary/aromatic N) is 2. The molecule has 0 bridgehead atoms. The molecule has 0 radical (unpaired) electrons. The highest BCUT2D eigenvalue weighted by Gasteiger charge is 2.19. The van der Waals surface area contributed by atoms with Crippen LogP contribution in [0.1, 0.15) is 30.3 Å². The van der Waals surface area contributed by atoms with Crippen LogP contribution in [-0.4, -0.2) is 20.9 Å². The molecule has 17 heavy (non-hydrogen) atoms. The first-order valence-corrected chi connectivity index (χ1v) is 7.08. The second-order valence-electron chi connectivity index (χ2n) is 4.27. The van der Waals surface area contributed by atoms with Crippen molar-refractivity contribution in [2.75, 3.05) is 5.75 Å². The van der Waals surface area contributed by atoms with E-state index in [1.807, 2.05) is 42.1 Å². The van der Waals surface area contributed by atoms with Crippen molar-refractivity contribution >= 4 is 11.8 Å². The van der Waals surface area contributed by atoms with Crippen molar-refractivity contribution in [1.29, 1.82) is 0 Å². The molecule has 3 nitrogen and oxygen atoms in total. The molecular formula is C13H15N3S. The van der Waals surface area contributed by atoms with Gasteiger partial charge in [-0.25, -0.2) is 4.98 Å². The molecule has 4 heteroatoms. The lowest BCUT2D eigenvalue weighted by molar-refractivity contribution is 0.664. The van der Waals surface area contributed by atoms with Crippen molar-refractivity contribution in [2.45, 2.75) is 24.5 Å². The SMILES string of the molecule is c1ccc(-c2n[nH]c(C3CCCCS3)n2)cc1. The van der Waals surface area contributed by atoms with E-state index in [9.17, 15) is 0 Å². The van der Waals surface area contributed by atoms with Crippen molar-refractivity contribution in [2.24, 2.45) is 0 Å². The molecule has 88 valence electrons. The Kier molecular flexibility index (Phi) is 3.14. The molecule has 2 heterocycles. The maximum atomic E-state index is 4.62. The van der Waals surface area contributed by atoms with Gasteiger partial charge in [-0.1, -0.05) is 36.8 Å². The first-order valence-electron chi connectivity index (χ1n) is 6.03. The number of aromatic nitrogens is 3. The number of hydrogen-bond donors (Lipinski definition) is 1. The standard InChI is InChI=1S/C13H15N3S/c1-2-6-10(7-3-1)12-14-13(16-15-12)11-8-4-5-9-17-11/h1-3,6-7,11H,4-5,8-9H2,(H,14,15,16). The summed E-state index contributed by atoms with van der Waals surface area (Å²) in [6, 6.07) is 10.1. The van der Waals surface area contributed by atoms with Gasteiger partial charge in [-0.3, -0.25) is 5.10 Å². The predicted octanol–water partition coefficient (Wildman–Crippen LogP) is 3.43. The van der Waals surface area contributed by atoms with Crippen molar-refractivity contribution in [3.8, 4) is 11.4 Å². The maximum absolute atomic E-state index is 4.62. The van der Waals surface area contributed by atoms with E-state index >= 15 is 0 Å². The smallest absolute Gasteiger partial charge is 0.181 e. The summed E-state index contributed by atoms with van der Waals surface area (Å²) in [5.41, 5.74) is 1.08. The number of rotatable bonds is 2. The summed E-state index contributed by atoms with van der Waals surface area (Å²) in [6.07, 6.45) is 3.86. The molecule has 1 unspecified atom stereocenters. The fourth-order valence-corrected chi connectivity index (χ4v) is 3.34. The van der Waals surface area contributed by atoms with Gasteiger partial charge in [-0.05, 0) is 18.6 Å². The number of benzene rings is 1. The van der Waals surface area contributed by atoms with E-state index in [2.05, 4.69) is 15.2 Å². The summed E-state index contributed by atoms with van der Waals surface area (Å²) >= 11 is 1.99. The lowest BCUT2D eigenvalue weighted by Crippen LogP contribution is -2.03. The molecule has 1 aliphatic rings. The van der Waals surface area contributed by atoms with Gasteiger partial charge in [0, 0.05) is 5.56 Å². The van der Waals surface area contributed by atoms with Crippen LogP contribution in [0.3, 0.4) is 0 Å². The van der Waals surface area contributed by atoms with E-state index in [1.54, 1.807) is 0 Å². The quantitative estimate of drug-likeness (QED) is 0.881. The number of H-pyrrole nitrogens is 1. The number of aromatic amines is 1. The summed E-state index contributed by atoms with van der Waals surface area (Å²) in [4.78, 5) is 4.62. The van der Waals surface area contributed by atoms with Crippen molar-refractivity contribution in [3.63, 3.8) is 0 Å². The van der Waals surface area contributed by atoms with Crippen LogP contribution in [0, 0.1) is 0 Å². The number of hydrogen-bond acceptors (Lipinski definition) is 3. The van der Waals surface area contributed by atoms with Gasteiger partial charge >= 0.3 is 0 Å². The molecule has 2 aromatic rings. The molecule has 1 aromatic heterocycles. The molecule has 1 aliphatic heterocycles. The van der Waals surface area contributed by atoms with Gasteiger partial charge in [0.25, 0.3) is 0 Å². The van der Waals surface area contributed by atoms with Crippen LogP contribution in [0.15, 0.2) is 30.3 Å². The molecule has 1 fully saturated rings. The van der Waals surface area contributed by atoms with Crippen LogP contribution in [0.2, 0.25) is 0 Å². The largest absolute Gasteiger partial charge is 0.262 e. The Bertz CT molecular complexity index is 474. The van der Waals surface area contributed by atoms with E-state index in [4.69, 9.17) is 0 Å².